The summed E-state index contributed by atoms with van der Waals surface area (Å²) in [6.07, 6.45) is 6.08. The third kappa shape index (κ3) is 4.59. The smallest absolute Gasteiger partial charge is 0.308 e. The number of methoxy groups -OCH3 is 1. The maximum Gasteiger partial charge on any atom is 0.308 e. The van der Waals surface area contributed by atoms with Crippen LogP contribution >= 0.6 is 0 Å². The van der Waals surface area contributed by atoms with Crippen LogP contribution in [0.5, 0.6) is 5.75 Å². The number of likely N-dealkylation sites (tertiary alicyclic amines) is 1. The van der Waals surface area contributed by atoms with Crippen LogP contribution in [0.4, 0.5) is 4.39 Å². The van der Waals surface area contributed by atoms with E-state index >= 15 is 4.39 Å². The van der Waals surface area contributed by atoms with Gasteiger partial charge in [0.15, 0.2) is 0 Å². The van der Waals surface area contributed by atoms with Crippen molar-refractivity contribution >= 4 is 16.9 Å². The van der Waals surface area contributed by atoms with Gasteiger partial charge in [0.2, 0.25) is 0 Å². The van der Waals surface area contributed by atoms with Gasteiger partial charge in [-0.05, 0) is 80.3 Å². The van der Waals surface area contributed by atoms with Gasteiger partial charge in [-0.25, -0.2) is 4.39 Å². The lowest BCUT2D eigenvalue weighted by Gasteiger charge is -2.40. The lowest BCUT2D eigenvalue weighted by molar-refractivity contribution is -0.146. The third-order valence-electron chi connectivity index (χ3n) is 7.01. The molecule has 1 saturated heterocycles. The maximum absolute atomic E-state index is 15.3. The van der Waals surface area contributed by atoms with Gasteiger partial charge in [0, 0.05) is 24.7 Å². The minimum Gasteiger partial charge on any atom is -0.497 e. The fraction of sp³-hybridized carbons (Fsp3) is 0.583. The van der Waals surface area contributed by atoms with Crippen LogP contribution in [0.15, 0.2) is 30.5 Å². The Bertz CT molecular complexity index is 886. The number of aromatic nitrogens is 1. The van der Waals surface area contributed by atoms with E-state index in [1.54, 1.807) is 19.4 Å². The number of hydrogen-bond acceptors (Lipinski definition) is 4. The van der Waals surface area contributed by atoms with Crippen LogP contribution in [-0.2, 0) is 4.79 Å². The molecular weight excluding hydrogens is 383 g/mol. The van der Waals surface area contributed by atoms with Gasteiger partial charge in [0.1, 0.15) is 11.9 Å². The summed E-state index contributed by atoms with van der Waals surface area (Å²) in [6.45, 7) is 2.55. The molecule has 2 fully saturated rings. The van der Waals surface area contributed by atoms with Crippen molar-refractivity contribution in [1.82, 2.24) is 9.88 Å². The van der Waals surface area contributed by atoms with Crippen LogP contribution in [0.2, 0.25) is 0 Å². The molecule has 5 nitrogen and oxygen atoms in total. The number of pyridine rings is 1. The maximum atomic E-state index is 15.3. The van der Waals surface area contributed by atoms with Crippen molar-refractivity contribution in [2.24, 2.45) is 17.8 Å². The average molecular weight is 415 g/mol. The molecule has 2 aromatic rings. The van der Waals surface area contributed by atoms with Crippen molar-refractivity contribution in [2.75, 3.05) is 26.7 Å². The number of ether oxygens (including phenoxy) is 1. The second-order valence-electron chi connectivity index (χ2n) is 8.88. The number of benzene rings is 1. The third-order valence-corrected chi connectivity index (χ3v) is 7.01. The Balaban J connectivity index is 1.41. The summed E-state index contributed by atoms with van der Waals surface area (Å²) in [5.74, 6) is 0.297. The number of alkyl halides is 1. The zero-order chi connectivity index (χ0) is 21.1. The fourth-order valence-electron chi connectivity index (χ4n) is 4.96. The van der Waals surface area contributed by atoms with Gasteiger partial charge < -0.3 is 14.7 Å². The standard InChI is InChI=1S/C24H31FN2O3/c1-30-18-6-8-23-20(13-18)19(9-11-26-23)22(25)7-5-17-10-12-27(14-16-3-2-4-16)15-21(17)24(28)29/h6,8-9,11,13,16-17,21-22H,2-5,7,10,12,14-15H2,1H3,(H,28,29)/t17-,21+,22?/m1/s1. The number of aliphatic carboxylic acids is 1. The molecule has 4 rings (SSSR count). The van der Waals surface area contributed by atoms with Gasteiger partial charge >= 0.3 is 5.97 Å². The highest BCUT2D eigenvalue weighted by Crippen LogP contribution is 2.36. The highest BCUT2D eigenvalue weighted by Gasteiger charge is 2.35. The molecule has 2 aliphatic rings. The van der Waals surface area contributed by atoms with Crippen LogP contribution in [0, 0.1) is 17.8 Å². The van der Waals surface area contributed by atoms with Gasteiger partial charge in [-0.3, -0.25) is 9.78 Å². The fourth-order valence-corrected chi connectivity index (χ4v) is 4.96. The zero-order valence-corrected chi connectivity index (χ0v) is 17.6. The second-order valence-corrected chi connectivity index (χ2v) is 8.88. The first-order valence-electron chi connectivity index (χ1n) is 11.1. The summed E-state index contributed by atoms with van der Waals surface area (Å²) < 4.78 is 20.5. The summed E-state index contributed by atoms with van der Waals surface area (Å²) in [5.41, 5.74) is 1.34. The van der Waals surface area contributed by atoms with Crippen LogP contribution in [0.1, 0.15) is 50.3 Å². The highest BCUT2D eigenvalue weighted by molar-refractivity contribution is 5.83. The lowest BCUT2D eigenvalue weighted by atomic mass is 9.79. The zero-order valence-electron chi connectivity index (χ0n) is 17.6. The van der Waals surface area contributed by atoms with E-state index in [4.69, 9.17) is 4.74 Å². The predicted molar refractivity (Wildman–Crippen MR) is 114 cm³/mol. The molecule has 1 N–H and O–H groups in total. The molecule has 1 aliphatic carbocycles. The summed E-state index contributed by atoms with van der Waals surface area (Å²) in [4.78, 5) is 18.5. The monoisotopic (exact) mass is 414 g/mol. The minimum atomic E-state index is -1.15. The normalized spacial score (nSPS) is 23.8. The molecule has 30 heavy (non-hydrogen) atoms. The van der Waals surface area contributed by atoms with E-state index in [2.05, 4.69) is 9.88 Å². The van der Waals surface area contributed by atoms with E-state index in [9.17, 15) is 9.90 Å². The van der Waals surface area contributed by atoms with Gasteiger partial charge in [0.05, 0.1) is 18.5 Å². The quantitative estimate of drug-likeness (QED) is 0.669. The number of nitrogens with zero attached hydrogens (tertiary/aromatic N) is 2. The number of hydrogen-bond donors (Lipinski definition) is 1. The molecule has 0 spiro atoms. The van der Waals surface area contributed by atoms with Crippen molar-refractivity contribution in [1.29, 1.82) is 0 Å². The Labute approximate surface area is 177 Å². The second kappa shape index (κ2) is 9.29. The number of carboxylic acids is 1. The van der Waals surface area contributed by atoms with E-state index in [0.717, 1.165) is 36.3 Å². The summed E-state index contributed by atoms with van der Waals surface area (Å²) in [5, 5.41) is 10.5. The molecule has 1 saturated carbocycles. The van der Waals surface area contributed by atoms with Crippen molar-refractivity contribution in [2.45, 2.75) is 44.7 Å². The molecule has 0 amide bonds. The largest absolute Gasteiger partial charge is 0.497 e. The van der Waals surface area contributed by atoms with E-state index < -0.39 is 18.1 Å². The van der Waals surface area contributed by atoms with Crippen LogP contribution in [0.3, 0.4) is 0 Å². The van der Waals surface area contributed by atoms with Gasteiger partial charge in [-0.2, -0.15) is 0 Å². The van der Waals surface area contributed by atoms with Crippen LogP contribution < -0.4 is 4.74 Å². The van der Waals surface area contributed by atoms with Crippen molar-refractivity contribution < 1.29 is 19.0 Å². The lowest BCUT2D eigenvalue weighted by Crippen LogP contribution is -2.46. The number of fused-ring (bicyclic) bond motifs is 1. The molecule has 1 aromatic heterocycles. The number of halogens is 1. The van der Waals surface area contributed by atoms with E-state index in [1.807, 2.05) is 18.2 Å². The first kappa shape index (κ1) is 21.0. The molecule has 3 atom stereocenters. The molecule has 1 aliphatic heterocycles. The Morgan fingerprint density at radius 1 is 1.33 bits per heavy atom. The molecule has 1 unspecified atom stereocenters. The molecule has 2 heterocycles. The minimum absolute atomic E-state index is 0.0287. The molecule has 162 valence electrons. The van der Waals surface area contributed by atoms with Crippen molar-refractivity contribution in [3.8, 4) is 5.75 Å². The van der Waals surface area contributed by atoms with Crippen LogP contribution in [0.25, 0.3) is 10.9 Å². The van der Waals surface area contributed by atoms with Crippen molar-refractivity contribution in [3.63, 3.8) is 0 Å². The van der Waals surface area contributed by atoms with Crippen LogP contribution in [-0.4, -0.2) is 47.7 Å². The Kier molecular flexibility index (Phi) is 6.52. The summed E-state index contributed by atoms with van der Waals surface area (Å²) in [7, 11) is 1.59. The molecule has 1 aromatic carbocycles. The molecule has 6 heteroatoms. The predicted octanol–water partition coefficient (Wildman–Crippen LogP) is 4.86. The Hall–Kier alpha value is -2.21. The van der Waals surface area contributed by atoms with E-state index in [1.165, 1.54) is 19.3 Å². The topological polar surface area (TPSA) is 62.7 Å². The Morgan fingerprint density at radius 2 is 2.17 bits per heavy atom. The number of carboxylic acid groups (broad SMARTS) is 1. The van der Waals surface area contributed by atoms with E-state index in [0.29, 0.717) is 30.7 Å². The summed E-state index contributed by atoms with van der Waals surface area (Å²) in [6, 6.07) is 7.20. The number of piperidine rings is 1. The summed E-state index contributed by atoms with van der Waals surface area (Å²) >= 11 is 0. The van der Waals surface area contributed by atoms with E-state index in [-0.39, 0.29) is 5.92 Å². The highest BCUT2D eigenvalue weighted by atomic mass is 19.1. The SMILES string of the molecule is COc1ccc2nccc(C(F)CC[C@@H]3CCN(CC4CCC4)C[C@@H]3C(=O)O)c2c1. The average Bonchev–Trinajstić information content (AvgIpc) is 2.74. The first-order valence-corrected chi connectivity index (χ1v) is 11.1. The molecule has 0 bridgehead atoms. The Morgan fingerprint density at radius 3 is 2.87 bits per heavy atom. The number of carbonyl (C=O) groups is 1. The van der Waals surface area contributed by atoms with Gasteiger partial charge in [-0.1, -0.05) is 6.42 Å². The number of rotatable bonds is 8. The first-order chi connectivity index (χ1) is 14.5. The van der Waals surface area contributed by atoms with Crippen molar-refractivity contribution in [3.05, 3.63) is 36.0 Å². The van der Waals surface area contributed by atoms with Gasteiger partial charge in [-0.15, -0.1) is 0 Å². The van der Waals surface area contributed by atoms with Gasteiger partial charge in [0.25, 0.3) is 0 Å². The molecule has 0 radical (unpaired) electrons. The molecular formula is C24H31FN2O3.